The van der Waals surface area contributed by atoms with E-state index >= 15 is 0 Å². The number of halogens is 4. The van der Waals surface area contributed by atoms with Gasteiger partial charge >= 0.3 is 12.2 Å². The van der Waals surface area contributed by atoms with E-state index in [1.54, 1.807) is 43.0 Å². The minimum atomic E-state index is -4.48. The van der Waals surface area contributed by atoms with Crippen LogP contribution in [0.5, 0.6) is 5.75 Å². The number of nitrogens with zero attached hydrogens (tertiary/aromatic N) is 3. The number of carbonyl (C=O) groups excluding carboxylic acids is 1. The normalized spacial score (nSPS) is 11.0. The van der Waals surface area contributed by atoms with Gasteiger partial charge in [0.15, 0.2) is 0 Å². The van der Waals surface area contributed by atoms with E-state index in [4.69, 9.17) is 4.74 Å². The van der Waals surface area contributed by atoms with Gasteiger partial charge in [0, 0.05) is 23.0 Å². The summed E-state index contributed by atoms with van der Waals surface area (Å²) in [6.07, 6.45) is 0.703. The van der Waals surface area contributed by atoms with Gasteiger partial charge in [0.2, 0.25) is 0 Å². The number of anilines is 1. The molecule has 7 nitrogen and oxygen atoms in total. The summed E-state index contributed by atoms with van der Waals surface area (Å²) in [4.78, 5) is 20.6. The van der Waals surface area contributed by atoms with Crippen LogP contribution in [0.15, 0.2) is 67.1 Å². The number of methoxy groups -OCH3 is 1. The third-order valence-corrected chi connectivity index (χ3v) is 4.65. The predicted octanol–water partition coefficient (Wildman–Crippen LogP) is 5.18. The Labute approximate surface area is 193 Å². The Morgan fingerprint density at radius 3 is 2.58 bits per heavy atom. The van der Waals surface area contributed by atoms with Crippen LogP contribution in [0.2, 0.25) is 0 Å². The fourth-order valence-electron chi connectivity index (χ4n) is 3.14. The van der Waals surface area contributed by atoms with Crippen molar-refractivity contribution in [2.45, 2.75) is 6.18 Å². The van der Waals surface area contributed by atoms with E-state index in [0.29, 0.717) is 17.1 Å². The molecule has 4 rings (SSSR count). The summed E-state index contributed by atoms with van der Waals surface area (Å²) in [6.45, 7) is -1.41. The number of ether oxygens (including phenoxy) is 1. The lowest BCUT2D eigenvalue weighted by atomic mass is 10.1. The first-order chi connectivity index (χ1) is 15.3. The first kappa shape index (κ1) is 23.9. The minimum Gasteiger partial charge on any atom is -0.495 e. The molecule has 4 aromatic rings. The van der Waals surface area contributed by atoms with Crippen molar-refractivity contribution in [3.63, 3.8) is 0 Å². The van der Waals surface area contributed by atoms with Gasteiger partial charge in [-0.05, 0) is 36.4 Å². The highest BCUT2D eigenvalue weighted by molar-refractivity contribution is 5.90. The van der Waals surface area contributed by atoms with Crippen molar-refractivity contribution < 1.29 is 22.7 Å². The molecular weight excluding hydrogens is 459 g/mol. The van der Waals surface area contributed by atoms with E-state index in [1.165, 1.54) is 0 Å². The monoisotopic (exact) mass is 477 g/mol. The molecule has 0 bridgehead atoms. The number of amides is 2. The lowest BCUT2D eigenvalue weighted by Crippen LogP contribution is -2.36. The predicted molar refractivity (Wildman–Crippen MR) is 121 cm³/mol. The number of hydrogen-bond acceptors (Lipinski definition) is 4. The number of nitrogens with one attached hydrogen (secondary N) is 2. The molecule has 1 aromatic carbocycles. The number of hydrogen-bond donors (Lipinski definition) is 2. The van der Waals surface area contributed by atoms with Crippen LogP contribution in [0, 0.1) is 0 Å². The number of rotatable bonds is 5. The maximum atomic E-state index is 12.3. The molecule has 0 aliphatic rings. The van der Waals surface area contributed by atoms with Gasteiger partial charge < -0.3 is 15.4 Å². The molecule has 3 aromatic heterocycles. The van der Waals surface area contributed by atoms with Gasteiger partial charge in [0.05, 0.1) is 30.9 Å². The summed E-state index contributed by atoms with van der Waals surface area (Å²) in [7, 11) is 1.58. The topological polar surface area (TPSA) is 80.5 Å². The van der Waals surface area contributed by atoms with Gasteiger partial charge in [0.25, 0.3) is 0 Å². The number of imidazole rings is 1. The summed E-state index contributed by atoms with van der Waals surface area (Å²) in [6, 6.07) is 13.3. The summed E-state index contributed by atoms with van der Waals surface area (Å²) < 4.78 is 43.8. The molecule has 0 spiro atoms. The molecule has 0 aliphatic heterocycles. The van der Waals surface area contributed by atoms with Crippen molar-refractivity contribution in [3.8, 4) is 28.3 Å². The number of benzene rings is 1. The molecule has 0 radical (unpaired) electrons. The van der Waals surface area contributed by atoms with Crippen LogP contribution in [0.3, 0.4) is 0 Å². The van der Waals surface area contributed by atoms with Gasteiger partial charge in [0.1, 0.15) is 17.9 Å². The van der Waals surface area contributed by atoms with Gasteiger partial charge in [-0.1, -0.05) is 12.1 Å². The Hall–Kier alpha value is -3.79. The third-order valence-electron chi connectivity index (χ3n) is 4.65. The van der Waals surface area contributed by atoms with Crippen LogP contribution in [0.4, 0.5) is 23.7 Å². The second-order valence-electron chi connectivity index (χ2n) is 6.87. The van der Waals surface area contributed by atoms with E-state index < -0.39 is 18.8 Å². The second kappa shape index (κ2) is 9.78. The van der Waals surface area contributed by atoms with Crippen molar-refractivity contribution in [2.75, 3.05) is 19.0 Å². The molecule has 0 aliphatic carbocycles. The zero-order valence-corrected chi connectivity index (χ0v) is 18.1. The number of carbonyl (C=O) groups is 1. The molecule has 0 saturated heterocycles. The zero-order valence-electron chi connectivity index (χ0n) is 17.3. The van der Waals surface area contributed by atoms with Crippen molar-refractivity contribution in [1.82, 2.24) is 19.7 Å². The summed E-state index contributed by atoms with van der Waals surface area (Å²) in [5.41, 5.74) is 4.20. The van der Waals surface area contributed by atoms with Crippen LogP contribution < -0.4 is 15.4 Å². The maximum absolute atomic E-state index is 12.3. The van der Waals surface area contributed by atoms with Gasteiger partial charge in [-0.15, -0.1) is 12.4 Å². The molecule has 11 heteroatoms. The van der Waals surface area contributed by atoms with Crippen molar-refractivity contribution >= 4 is 29.8 Å². The average molecular weight is 478 g/mol. The standard InChI is InChI=1S/C22H18F3N5O2.ClH/c1-32-17-5-6-18(26-11-17)14-7-8-30-19(12-27-20(30)10-14)15-3-2-4-16(9-15)29-21(31)28-13-22(23,24)25;/h2-12H,13H2,1H3,(H2,28,29,31);1H. The number of pyridine rings is 2. The average Bonchev–Trinajstić information content (AvgIpc) is 3.21. The lowest BCUT2D eigenvalue weighted by molar-refractivity contribution is -0.122. The highest BCUT2D eigenvalue weighted by Gasteiger charge is 2.27. The molecule has 0 fully saturated rings. The van der Waals surface area contributed by atoms with E-state index in [9.17, 15) is 18.0 Å². The van der Waals surface area contributed by atoms with Crippen molar-refractivity contribution in [2.24, 2.45) is 0 Å². The zero-order chi connectivity index (χ0) is 22.7. The van der Waals surface area contributed by atoms with Crippen molar-refractivity contribution in [1.29, 1.82) is 0 Å². The number of fused-ring (bicyclic) bond motifs is 1. The van der Waals surface area contributed by atoms with Crippen LogP contribution >= 0.6 is 12.4 Å². The van der Waals surface area contributed by atoms with Gasteiger partial charge in [-0.25, -0.2) is 9.78 Å². The quantitative estimate of drug-likeness (QED) is 0.415. The molecule has 172 valence electrons. The fraction of sp³-hybridized carbons (Fsp3) is 0.136. The SMILES string of the molecule is COc1ccc(-c2ccn3c(-c4cccc(NC(=O)NCC(F)(F)F)c4)cnc3c2)nc1.Cl. The molecule has 2 amide bonds. The molecule has 33 heavy (non-hydrogen) atoms. The van der Waals surface area contributed by atoms with E-state index in [-0.39, 0.29) is 12.4 Å². The molecular formula is C22H19ClF3N5O2. The van der Waals surface area contributed by atoms with Crippen molar-refractivity contribution in [3.05, 3.63) is 67.1 Å². The Morgan fingerprint density at radius 1 is 1.06 bits per heavy atom. The van der Waals surface area contributed by atoms with Gasteiger partial charge in [-0.3, -0.25) is 9.38 Å². The summed E-state index contributed by atoms with van der Waals surface area (Å²) in [5, 5.41) is 4.18. The Kier molecular flexibility index (Phi) is 7.07. The van der Waals surface area contributed by atoms with E-state index in [1.807, 2.05) is 40.9 Å². The highest BCUT2D eigenvalue weighted by atomic mass is 35.5. The highest BCUT2D eigenvalue weighted by Crippen LogP contribution is 2.26. The molecule has 2 N–H and O–H groups in total. The fourth-order valence-corrected chi connectivity index (χ4v) is 3.14. The smallest absolute Gasteiger partial charge is 0.405 e. The lowest BCUT2D eigenvalue weighted by Gasteiger charge is -2.11. The van der Waals surface area contributed by atoms with Gasteiger partial charge in [-0.2, -0.15) is 13.2 Å². The Balaban J connectivity index is 0.00000306. The van der Waals surface area contributed by atoms with Crippen LogP contribution in [0.1, 0.15) is 0 Å². The summed E-state index contributed by atoms with van der Waals surface area (Å²) >= 11 is 0. The van der Waals surface area contributed by atoms with Crippen LogP contribution in [0.25, 0.3) is 28.2 Å². The molecule has 0 saturated carbocycles. The van der Waals surface area contributed by atoms with E-state index in [0.717, 1.165) is 22.5 Å². The van der Waals surface area contributed by atoms with Crippen LogP contribution in [-0.2, 0) is 0 Å². The molecule has 0 unspecified atom stereocenters. The number of alkyl halides is 3. The largest absolute Gasteiger partial charge is 0.495 e. The number of aromatic nitrogens is 3. The maximum Gasteiger partial charge on any atom is 0.405 e. The molecule has 0 atom stereocenters. The Morgan fingerprint density at radius 2 is 1.88 bits per heavy atom. The third kappa shape index (κ3) is 5.72. The summed E-state index contributed by atoms with van der Waals surface area (Å²) in [5.74, 6) is 0.665. The first-order valence-corrected chi connectivity index (χ1v) is 9.52. The second-order valence-corrected chi connectivity index (χ2v) is 6.87. The number of urea groups is 1. The minimum absolute atomic E-state index is 0. The molecule has 3 heterocycles. The van der Waals surface area contributed by atoms with E-state index in [2.05, 4.69) is 15.3 Å². The van der Waals surface area contributed by atoms with Crippen LogP contribution in [-0.4, -0.2) is 40.2 Å². The first-order valence-electron chi connectivity index (χ1n) is 9.52. The Bertz CT molecular complexity index is 1260.